The lowest BCUT2D eigenvalue weighted by Crippen LogP contribution is -2.46. The minimum absolute atomic E-state index is 0.0460. The summed E-state index contributed by atoms with van der Waals surface area (Å²) in [6.07, 6.45) is 0. The second kappa shape index (κ2) is 12.0. The van der Waals surface area contributed by atoms with Crippen LogP contribution in [0.1, 0.15) is 27.3 Å². The standard InChI is InChI=1S/C32H36N4O2/c1-33-28(24-34-19-21-35(22-20-34)30-15-9-10-16-31(30)38-2)17-18-29(33)25-36(23-26-11-5-3-6-12-26)32(37)27-13-7-4-8-14-27/h3-18H,19-25H2,1-2H3. The van der Waals surface area contributed by atoms with E-state index in [-0.39, 0.29) is 5.91 Å². The van der Waals surface area contributed by atoms with E-state index in [0.717, 1.165) is 55.4 Å². The highest BCUT2D eigenvalue weighted by atomic mass is 16.5. The first-order valence-electron chi connectivity index (χ1n) is 13.2. The molecular formula is C32H36N4O2. The number of carbonyl (C=O) groups is 1. The SMILES string of the molecule is COc1ccccc1N1CCN(Cc2ccc(CN(Cc3ccccc3)C(=O)c3ccccc3)n2C)CC1. The molecule has 0 spiro atoms. The van der Waals surface area contributed by atoms with Crippen LogP contribution in [0.5, 0.6) is 5.75 Å². The highest BCUT2D eigenvalue weighted by Gasteiger charge is 2.22. The maximum absolute atomic E-state index is 13.5. The van der Waals surface area contributed by atoms with Gasteiger partial charge in [0.25, 0.3) is 5.91 Å². The van der Waals surface area contributed by atoms with Gasteiger partial charge < -0.3 is 19.1 Å². The fourth-order valence-corrected chi connectivity index (χ4v) is 5.15. The summed E-state index contributed by atoms with van der Waals surface area (Å²) in [5.41, 5.74) is 5.40. The van der Waals surface area contributed by atoms with Gasteiger partial charge in [-0.05, 0) is 42.0 Å². The lowest BCUT2D eigenvalue weighted by molar-refractivity contribution is 0.0726. The number of methoxy groups -OCH3 is 1. The number of nitrogens with zero attached hydrogens (tertiary/aromatic N) is 4. The van der Waals surface area contributed by atoms with Crippen LogP contribution < -0.4 is 9.64 Å². The van der Waals surface area contributed by atoms with E-state index in [1.54, 1.807) is 7.11 Å². The van der Waals surface area contributed by atoms with Gasteiger partial charge in [0.1, 0.15) is 5.75 Å². The molecule has 4 aromatic rings. The van der Waals surface area contributed by atoms with E-state index in [0.29, 0.717) is 18.7 Å². The van der Waals surface area contributed by atoms with Gasteiger partial charge in [0.05, 0.1) is 19.3 Å². The molecule has 2 heterocycles. The Kier molecular flexibility index (Phi) is 8.09. The second-order valence-corrected chi connectivity index (χ2v) is 9.82. The van der Waals surface area contributed by atoms with E-state index in [9.17, 15) is 4.79 Å². The molecule has 5 rings (SSSR count). The molecule has 0 aliphatic carbocycles. The Morgan fingerprint density at radius 1 is 0.763 bits per heavy atom. The van der Waals surface area contributed by atoms with Gasteiger partial charge in [-0.2, -0.15) is 0 Å². The minimum atomic E-state index is 0.0460. The first-order chi connectivity index (χ1) is 18.6. The molecule has 0 atom stereocenters. The van der Waals surface area contributed by atoms with Crippen LogP contribution in [-0.2, 0) is 26.7 Å². The summed E-state index contributed by atoms with van der Waals surface area (Å²) in [6.45, 7) is 5.93. The predicted octanol–water partition coefficient (Wildman–Crippen LogP) is 5.20. The van der Waals surface area contributed by atoms with Gasteiger partial charge in [0, 0.05) is 63.3 Å². The van der Waals surface area contributed by atoms with Gasteiger partial charge in [0.2, 0.25) is 0 Å². The first kappa shape index (κ1) is 25.6. The molecule has 196 valence electrons. The van der Waals surface area contributed by atoms with Crippen LogP contribution in [0.15, 0.2) is 97.1 Å². The minimum Gasteiger partial charge on any atom is -0.495 e. The Balaban J connectivity index is 1.25. The van der Waals surface area contributed by atoms with Crippen molar-refractivity contribution in [3.8, 4) is 5.75 Å². The number of anilines is 1. The van der Waals surface area contributed by atoms with Crippen molar-refractivity contribution in [2.45, 2.75) is 19.6 Å². The Morgan fingerprint density at radius 2 is 1.39 bits per heavy atom. The van der Waals surface area contributed by atoms with Crippen molar-refractivity contribution < 1.29 is 9.53 Å². The van der Waals surface area contributed by atoms with Crippen LogP contribution in [0.2, 0.25) is 0 Å². The lowest BCUT2D eigenvalue weighted by atomic mass is 10.1. The van der Waals surface area contributed by atoms with E-state index in [2.05, 4.69) is 57.8 Å². The second-order valence-electron chi connectivity index (χ2n) is 9.82. The zero-order chi connectivity index (χ0) is 26.3. The number of piperazine rings is 1. The molecule has 1 aliphatic rings. The van der Waals surface area contributed by atoms with Gasteiger partial charge in [-0.1, -0.05) is 60.7 Å². The van der Waals surface area contributed by atoms with Crippen LogP contribution in [0, 0.1) is 0 Å². The van der Waals surface area contributed by atoms with Crippen molar-refractivity contribution in [1.29, 1.82) is 0 Å². The van der Waals surface area contributed by atoms with Crippen molar-refractivity contribution in [3.63, 3.8) is 0 Å². The third-order valence-electron chi connectivity index (χ3n) is 7.39. The van der Waals surface area contributed by atoms with Crippen LogP contribution in [0.25, 0.3) is 0 Å². The number of hydrogen-bond donors (Lipinski definition) is 0. The van der Waals surface area contributed by atoms with Crippen molar-refractivity contribution in [1.82, 2.24) is 14.4 Å². The Hall–Kier alpha value is -4.03. The number of rotatable bonds is 9. The third kappa shape index (κ3) is 5.92. The van der Waals surface area contributed by atoms with Crippen molar-refractivity contribution >= 4 is 11.6 Å². The summed E-state index contributed by atoms with van der Waals surface area (Å²) < 4.78 is 7.82. The summed E-state index contributed by atoms with van der Waals surface area (Å²) in [5.74, 6) is 0.975. The molecule has 6 heteroatoms. The fraction of sp³-hybridized carbons (Fsp3) is 0.281. The van der Waals surface area contributed by atoms with E-state index in [1.165, 1.54) is 5.69 Å². The predicted molar refractivity (Wildman–Crippen MR) is 152 cm³/mol. The van der Waals surface area contributed by atoms with Crippen molar-refractivity contribution in [2.75, 3.05) is 38.2 Å². The molecule has 1 saturated heterocycles. The largest absolute Gasteiger partial charge is 0.495 e. The van der Waals surface area contributed by atoms with Crippen LogP contribution in [0.3, 0.4) is 0 Å². The zero-order valence-corrected chi connectivity index (χ0v) is 22.3. The van der Waals surface area contributed by atoms with Crippen molar-refractivity contribution in [2.24, 2.45) is 7.05 Å². The van der Waals surface area contributed by atoms with Crippen LogP contribution in [-0.4, -0.2) is 53.6 Å². The van der Waals surface area contributed by atoms with Crippen LogP contribution in [0.4, 0.5) is 5.69 Å². The van der Waals surface area contributed by atoms with E-state index in [1.807, 2.05) is 65.6 Å². The molecule has 3 aromatic carbocycles. The topological polar surface area (TPSA) is 41.0 Å². The average molecular weight is 509 g/mol. The molecule has 6 nitrogen and oxygen atoms in total. The van der Waals surface area contributed by atoms with E-state index in [4.69, 9.17) is 4.74 Å². The smallest absolute Gasteiger partial charge is 0.254 e. The monoisotopic (exact) mass is 508 g/mol. The number of benzene rings is 3. The molecule has 0 bridgehead atoms. The molecule has 1 amide bonds. The van der Waals surface area contributed by atoms with Crippen LogP contribution >= 0.6 is 0 Å². The molecule has 0 N–H and O–H groups in total. The average Bonchev–Trinajstić information content (AvgIpc) is 3.31. The number of para-hydroxylation sites is 2. The third-order valence-corrected chi connectivity index (χ3v) is 7.39. The van der Waals surface area contributed by atoms with Crippen molar-refractivity contribution in [3.05, 3.63) is 120 Å². The summed E-state index contributed by atoms with van der Waals surface area (Å²) in [5, 5.41) is 0. The fourth-order valence-electron chi connectivity index (χ4n) is 5.15. The number of carbonyl (C=O) groups excluding carboxylic acids is 1. The maximum Gasteiger partial charge on any atom is 0.254 e. The summed E-state index contributed by atoms with van der Waals surface area (Å²) in [7, 11) is 3.85. The highest BCUT2D eigenvalue weighted by molar-refractivity contribution is 5.94. The number of aromatic nitrogens is 1. The van der Waals surface area contributed by atoms with Gasteiger partial charge >= 0.3 is 0 Å². The molecule has 0 saturated carbocycles. The highest BCUT2D eigenvalue weighted by Crippen LogP contribution is 2.28. The van der Waals surface area contributed by atoms with Gasteiger partial charge in [-0.3, -0.25) is 9.69 Å². The first-order valence-corrected chi connectivity index (χ1v) is 13.2. The number of ether oxygens (including phenoxy) is 1. The quantitative estimate of drug-likeness (QED) is 0.312. The zero-order valence-electron chi connectivity index (χ0n) is 22.3. The summed E-state index contributed by atoms with van der Waals surface area (Å²) in [4.78, 5) is 20.3. The molecular weight excluding hydrogens is 472 g/mol. The number of amides is 1. The Morgan fingerprint density at radius 3 is 2.11 bits per heavy atom. The molecule has 1 aromatic heterocycles. The summed E-state index contributed by atoms with van der Waals surface area (Å²) in [6, 6.07) is 32.4. The Labute approximate surface area is 225 Å². The lowest BCUT2D eigenvalue weighted by Gasteiger charge is -2.36. The molecule has 0 radical (unpaired) electrons. The van der Waals surface area contributed by atoms with Gasteiger partial charge in [-0.25, -0.2) is 0 Å². The number of hydrogen-bond acceptors (Lipinski definition) is 4. The maximum atomic E-state index is 13.5. The van der Waals surface area contributed by atoms with E-state index >= 15 is 0 Å². The van der Waals surface area contributed by atoms with Gasteiger partial charge in [-0.15, -0.1) is 0 Å². The summed E-state index contributed by atoms with van der Waals surface area (Å²) >= 11 is 0. The van der Waals surface area contributed by atoms with Gasteiger partial charge in [0.15, 0.2) is 0 Å². The Bertz CT molecular complexity index is 1330. The molecule has 1 fully saturated rings. The normalized spacial score (nSPS) is 13.9. The van der Waals surface area contributed by atoms with E-state index < -0.39 is 0 Å². The molecule has 38 heavy (non-hydrogen) atoms. The molecule has 0 unspecified atom stereocenters. The molecule has 1 aliphatic heterocycles.